The first-order valence-corrected chi connectivity index (χ1v) is 8.59. The molecule has 0 saturated carbocycles. The van der Waals surface area contributed by atoms with Crippen molar-refractivity contribution >= 4 is 33.2 Å². The third kappa shape index (κ3) is 4.57. The quantitative estimate of drug-likeness (QED) is 0.868. The fourth-order valence-electron chi connectivity index (χ4n) is 3.31. The smallest absolute Gasteiger partial charge is 0.225 e. The Morgan fingerprint density at radius 2 is 1.95 bits per heavy atom. The van der Waals surface area contributed by atoms with E-state index in [-0.39, 0.29) is 23.0 Å². The zero-order valence-corrected chi connectivity index (χ0v) is 15.0. The summed E-state index contributed by atoms with van der Waals surface area (Å²) in [4.78, 5) is 13.3. The van der Waals surface area contributed by atoms with E-state index in [0.717, 1.165) is 21.5 Å². The topological polar surface area (TPSA) is 41.1 Å². The fourth-order valence-corrected chi connectivity index (χ4v) is 4.79. The Morgan fingerprint density at radius 3 is 2.45 bits per heavy atom. The normalized spacial score (nSPS) is 21.6. The molecular formula is C15H23BrN2OS. The standard InChI is InChI=1S/C15H23BrN2OS/c1-14(2)8-10(9-15(3,4)18-14)17-13(19)7-11-5-6-12(16)20-11/h5-6,10,18H,7-9H2,1-4H3,(H,17,19). The van der Waals surface area contributed by atoms with Crippen LogP contribution in [0.15, 0.2) is 15.9 Å². The van der Waals surface area contributed by atoms with E-state index in [1.54, 1.807) is 11.3 Å². The van der Waals surface area contributed by atoms with Gasteiger partial charge in [0, 0.05) is 22.0 Å². The maximum Gasteiger partial charge on any atom is 0.225 e. The molecule has 0 aromatic carbocycles. The summed E-state index contributed by atoms with van der Waals surface area (Å²) >= 11 is 5.05. The number of amides is 1. The molecule has 0 bridgehead atoms. The highest BCUT2D eigenvalue weighted by atomic mass is 79.9. The number of carbonyl (C=O) groups is 1. The summed E-state index contributed by atoms with van der Waals surface area (Å²) in [5.74, 6) is 0.123. The molecule has 0 radical (unpaired) electrons. The molecule has 1 fully saturated rings. The third-order valence-electron chi connectivity index (χ3n) is 3.52. The summed E-state index contributed by atoms with van der Waals surface area (Å²) in [7, 11) is 0. The van der Waals surface area contributed by atoms with Gasteiger partial charge >= 0.3 is 0 Å². The van der Waals surface area contributed by atoms with E-state index < -0.39 is 0 Å². The minimum atomic E-state index is 0.0612. The van der Waals surface area contributed by atoms with Crippen molar-refractivity contribution in [1.82, 2.24) is 10.6 Å². The van der Waals surface area contributed by atoms with Gasteiger partial charge in [-0.1, -0.05) is 0 Å². The van der Waals surface area contributed by atoms with E-state index in [2.05, 4.69) is 54.3 Å². The van der Waals surface area contributed by atoms with Crippen LogP contribution in [0.5, 0.6) is 0 Å². The van der Waals surface area contributed by atoms with Crippen LogP contribution in [0.1, 0.15) is 45.4 Å². The zero-order chi connectivity index (χ0) is 15.0. The number of nitrogens with one attached hydrogen (secondary N) is 2. The number of carbonyl (C=O) groups excluding carboxylic acids is 1. The summed E-state index contributed by atoms with van der Waals surface area (Å²) in [6.45, 7) is 8.79. The molecule has 0 spiro atoms. The summed E-state index contributed by atoms with van der Waals surface area (Å²) in [6.07, 6.45) is 2.41. The molecule has 2 rings (SSSR count). The van der Waals surface area contributed by atoms with Crippen molar-refractivity contribution in [3.8, 4) is 0 Å². The number of rotatable bonds is 3. The first-order chi connectivity index (χ1) is 9.15. The molecule has 0 unspecified atom stereocenters. The summed E-state index contributed by atoms with van der Waals surface area (Å²) in [6, 6.07) is 4.24. The molecule has 1 saturated heterocycles. The molecule has 1 aromatic rings. The largest absolute Gasteiger partial charge is 0.353 e. The van der Waals surface area contributed by atoms with Gasteiger partial charge in [-0.25, -0.2) is 0 Å². The summed E-state index contributed by atoms with van der Waals surface area (Å²) < 4.78 is 1.07. The number of halogens is 1. The molecule has 5 heteroatoms. The van der Waals surface area contributed by atoms with E-state index >= 15 is 0 Å². The van der Waals surface area contributed by atoms with Gasteiger partial charge in [0.25, 0.3) is 0 Å². The van der Waals surface area contributed by atoms with Gasteiger partial charge in [-0.15, -0.1) is 11.3 Å². The van der Waals surface area contributed by atoms with Gasteiger partial charge in [-0.2, -0.15) is 0 Å². The second kappa shape index (κ2) is 5.78. The Morgan fingerprint density at radius 1 is 1.35 bits per heavy atom. The van der Waals surface area contributed by atoms with Crippen molar-refractivity contribution in [2.24, 2.45) is 0 Å². The average molecular weight is 359 g/mol. The molecule has 2 heterocycles. The average Bonchev–Trinajstić information content (AvgIpc) is 2.58. The van der Waals surface area contributed by atoms with E-state index in [1.165, 1.54) is 0 Å². The third-order valence-corrected chi connectivity index (χ3v) is 5.14. The molecule has 112 valence electrons. The maximum atomic E-state index is 12.2. The molecular weight excluding hydrogens is 336 g/mol. The van der Waals surface area contributed by atoms with Crippen LogP contribution in [0, 0.1) is 0 Å². The Labute approximate surface area is 133 Å². The van der Waals surface area contributed by atoms with Crippen molar-refractivity contribution in [2.45, 2.75) is 64.1 Å². The van der Waals surface area contributed by atoms with Crippen molar-refractivity contribution < 1.29 is 4.79 Å². The van der Waals surface area contributed by atoms with Gasteiger partial charge < -0.3 is 10.6 Å². The van der Waals surface area contributed by atoms with Gasteiger partial charge in [0.1, 0.15) is 0 Å². The van der Waals surface area contributed by atoms with Gasteiger partial charge in [-0.05, 0) is 68.6 Å². The van der Waals surface area contributed by atoms with Crippen molar-refractivity contribution in [2.75, 3.05) is 0 Å². The predicted octanol–water partition coefficient (Wildman–Crippen LogP) is 3.48. The Kier molecular flexibility index (Phi) is 4.62. The van der Waals surface area contributed by atoms with Crippen LogP contribution in [0.25, 0.3) is 0 Å². The highest BCUT2D eigenvalue weighted by Gasteiger charge is 2.38. The van der Waals surface area contributed by atoms with Crippen LogP contribution >= 0.6 is 27.3 Å². The summed E-state index contributed by atoms with van der Waals surface area (Å²) in [5.41, 5.74) is 0.122. The van der Waals surface area contributed by atoms with Gasteiger partial charge in [0.15, 0.2) is 0 Å². The number of thiophene rings is 1. The van der Waals surface area contributed by atoms with E-state index in [9.17, 15) is 4.79 Å². The maximum absolute atomic E-state index is 12.2. The second-order valence-electron chi connectivity index (χ2n) is 6.95. The minimum Gasteiger partial charge on any atom is -0.353 e. The number of hydrogen-bond acceptors (Lipinski definition) is 3. The van der Waals surface area contributed by atoms with E-state index in [0.29, 0.717) is 6.42 Å². The van der Waals surface area contributed by atoms with Gasteiger partial charge in [-0.3, -0.25) is 4.79 Å². The zero-order valence-electron chi connectivity index (χ0n) is 12.5. The van der Waals surface area contributed by atoms with Crippen LogP contribution in [0.2, 0.25) is 0 Å². The number of hydrogen-bond donors (Lipinski definition) is 2. The SMILES string of the molecule is CC1(C)CC(NC(=O)Cc2ccc(Br)s2)CC(C)(C)N1. The van der Waals surface area contributed by atoms with Crippen LogP contribution in [-0.2, 0) is 11.2 Å². The molecule has 0 aliphatic carbocycles. The Bertz CT molecular complexity index is 480. The van der Waals surface area contributed by atoms with Gasteiger partial charge in [0.2, 0.25) is 5.91 Å². The highest BCUT2D eigenvalue weighted by Crippen LogP contribution is 2.28. The van der Waals surface area contributed by atoms with Crippen LogP contribution in [0.3, 0.4) is 0 Å². The highest BCUT2D eigenvalue weighted by molar-refractivity contribution is 9.11. The molecule has 20 heavy (non-hydrogen) atoms. The molecule has 1 aliphatic rings. The van der Waals surface area contributed by atoms with Crippen molar-refractivity contribution in [1.29, 1.82) is 0 Å². The molecule has 2 N–H and O–H groups in total. The van der Waals surface area contributed by atoms with Crippen molar-refractivity contribution in [3.63, 3.8) is 0 Å². The lowest BCUT2D eigenvalue weighted by molar-refractivity contribution is -0.121. The number of piperidine rings is 1. The molecule has 3 nitrogen and oxygen atoms in total. The first kappa shape index (κ1) is 16.0. The second-order valence-corrected chi connectivity index (χ2v) is 9.50. The van der Waals surface area contributed by atoms with E-state index in [4.69, 9.17) is 0 Å². The van der Waals surface area contributed by atoms with Crippen molar-refractivity contribution in [3.05, 3.63) is 20.8 Å². The Hall–Kier alpha value is -0.390. The molecule has 1 aromatic heterocycles. The Balaban J connectivity index is 1.93. The lowest BCUT2D eigenvalue weighted by atomic mass is 9.79. The minimum absolute atomic E-state index is 0.0612. The molecule has 1 amide bonds. The molecule has 0 atom stereocenters. The fraction of sp³-hybridized carbons (Fsp3) is 0.667. The lowest BCUT2D eigenvalue weighted by Crippen LogP contribution is -2.62. The van der Waals surface area contributed by atoms with Crippen LogP contribution < -0.4 is 10.6 Å². The van der Waals surface area contributed by atoms with E-state index in [1.807, 2.05) is 12.1 Å². The van der Waals surface area contributed by atoms with Crippen LogP contribution in [0.4, 0.5) is 0 Å². The summed E-state index contributed by atoms with van der Waals surface area (Å²) in [5, 5.41) is 6.83. The van der Waals surface area contributed by atoms with Crippen LogP contribution in [-0.4, -0.2) is 23.0 Å². The molecule has 1 aliphatic heterocycles. The predicted molar refractivity (Wildman–Crippen MR) is 88.2 cm³/mol. The monoisotopic (exact) mass is 358 g/mol. The van der Waals surface area contributed by atoms with Gasteiger partial charge in [0.05, 0.1) is 10.2 Å². The first-order valence-electron chi connectivity index (χ1n) is 6.98. The lowest BCUT2D eigenvalue weighted by Gasteiger charge is -2.46.